The number of hydrogen-bond acceptors (Lipinski definition) is 4. The Labute approximate surface area is 108 Å². The molecule has 2 rings (SSSR count). The molecule has 0 N–H and O–H groups in total. The SMILES string of the molecule is COc1ccc(F)cc1-c1nc(C)c(CC#N)s1. The van der Waals surface area contributed by atoms with Crippen molar-refractivity contribution in [1.82, 2.24) is 4.98 Å². The summed E-state index contributed by atoms with van der Waals surface area (Å²) in [5.74, 6) is 0.245. The Kier molecular flexibility index (Phi) is 3.58. The number of benzene rings is 1. The first kappa shape index (κ1) is 12.5. The third kappa shape index (κ3) is 2.34. The fourth-order valence-corrected chi connectivity index (χ4v) is 2.64. The lowest BCUT2D eigenvalue weighted by Crippen LogP contribution is -1.88. The molecule has 1 heterocycles. The summed E-state index contributed by atoms with van der Waals surface area (Å²) in [6.07, 6.45) is 0.321. The molecule has 0 saturated carbocycles. The highest BCUT2D eigenvalue weighted by Gasteiger charge is 2.14. The third-order valence-corrected chi connectivity index (χ3v) is 3.71. The van der Waals surface area contributed by atoms with Crippen molar-refractivity contribution in [2.24, 2.45) is 0 Å². The Morgan fingerprint density at radius 3 is 2.94 bits per heavy atom. The predicted octanol–water partition coefficient (Wildman–Crippen LogP) is 3.33. The van der Waals surface area contributed by atoms with Crippen LogP contribution >= 0.6 is 11.3 Å². The molecule has 0 spiro atoms. The molecule has 5 heteroatoms. The van der Waals surface area contributed by atoms with E-state index in [0.29, 0.717) is 22.7 Å². The molecule has 0 radical (unpaired) electrons. The van der Waals surface area contributed by atoms with Gasteiger partial charge in [-0.25, -0.2) is 9.37 Å². The zero-order valence-electron chi connectivity index (χ0n) is 10.0. The predicted molar refractivity (Wildman–Crippen MR) is 68.1 cm³/mol. The number of methoxy groups -OCH3 is 1. The quantitative estimate of drug-likeness (QED) is 0.852. The summed E-state index contributed by atoms with van der Waals surface area (Å²) in [4.78, 5) is 5.27. The molecule has 0 bridgehead atoms. The van der Waals surface area contributed by atoms with E-state index in [9.17, 15) is 4.39 Å². The zero-order chi connectivity index (χ0) is 13.1. The molecular formula is C13H11FN2OS. The van der Waals surface area contributed by atoms with Crippen molar-refractivity contribution in [2.75, 3.05) is 7.11 Å². The Bertz CT molecular complexity index is 616. The van der Waals surface area contributed by atoms with E-state index < -0.39 is 0 Å². The minimum Gasteiger partial charge on any atom is -0.496 e. The smallest absolute Gasteiger partial charge is 0.129 e. The first-order valence-electron chi connectivity index (χ1n) is 5.33. The van der Waals surface area contributed by atoms with Gasteiger partial charge in [0.2, 0.25) is 0 Å². The highest BCUT2D eigenvalue weighted by Crippen LogP contribution is 2.34. The van der Waals surface area contributed by atoms with Crippen molar-refractivity contribution in [3.8, 4) is 22.4 Å². The number of halogens is 1. The summed E-state index contributed by atoms with van der Waals surface area (Å²) in [6.45, 7) is 1.85. The van der Waals surface area contributed by atoms with E-state index in [4.69, 9.17) is 10.00 Å². The van der Waals surface area contributed by atoms with E-state index in [1.807, 2.05) is 6.92 Å². The van der Waals surface area contributed by atoms with Crippen LogP contribution in [0.3, 0.4) is 0 Å². The van der Waals surface area contributed by atoms with Crippen LogP contribution in [0.2, 0.25) is 0 Å². The van der Waals surface area contributed by atoms with Crippen molar-refractivity contribution in [2.45, 2.75) is 13.3 Å². The summed E-state index contributed by atoms with van der Waals surface area (Å²) in [6, 6.07) is 6.41. The molecule has 0 amide bonds. The van der Waals surface area contributed by atoms with Crippen LogP contribution in [0.4, 0.5) is 4.39 Å². The molecule has 0 atom stereocenters. The normalized spacial score (nSPS) is 10.1. The first-order valence-corrected chi connectivity index (χ1v) is 6.14. The molecule has 0 aliphatic carbocycles. The van der Waals surface area contributed by atoms with Gasteiger partial charge in [0.05, 0.1) is 30.9 Å². The van der Waals surface area contributed by atoms with Crippen LogP contribution in [-0.2, 0) is 6.42 Å². The maximum atomic E-state index is 13.3. The molecule has 1 aromatic heterocycles. The van der Waals surface area contributed by atoms with E-state index in [-0.39, 0.29) is 5.82 Å². The van der Waals surface area contributed by atoms with Gasteiger partial charge in [-0.3, -0.25) is 0 Å². The first-order chi connectivity index (χ1) is 8.65. The third-order valence-electron chi connectivity index (χ3n) is 2.52. The van der Waals surface area contributed by atoms with Crippen molar-refractivity contribution in [1.29, 1.82) is 5.26 Å². The highest BCUT2D eigenvalue weighted by molar-refractivity contribution is 7.15. The molecule has 0 aliphatic rings. The maximum absolute atomic E-state index is 13.3. The van der Waals surface area contributed by atoms with Crippen LogP contribution in [0.1, 0.15) is 10.6 Å². The van der Waals surface area contributed by atoms with Crippen molar-refractivity contribution in [3.63, 3.8) is 0 Å². The average molecular weight is 262 g/mol. The largest absolute Gasteiger partial charge is 0.496 e. The van der Waals surface area contributed by atoms with E-state index in [1.54, 1.807) is 6.07 Å². The van der Waals surface area contributed by atoms with Gasteiger partial charge in [0.1, 0.15) is 16.6 Å². The van der Waals surface area contributed by atoms with E-state index in [1.165, 1.54) is 30.6 Å². The van der Waals surface area contributed by atoms with Crippen molar-refractivity contribution >= 4 is 11.3 Å². The van der Waals surface area contributed by atoms with Gasteiger partial charge in [-0.05, 0) is 25.1 Å². The lowest BCUT2D eigenvalue weighted by Gasteiger charge is -2.05. The monoisotopic (exact) mass is 262 g/mol. The van der Waals surface area contributed by atoms with Crippen molar-refractivity contribution in [3.05, 3.63) is 34.6 Å². The average Bonchev–Trinajstić information content (AvgIpc) is 2.71. The van der Waals surface area contributed by atoms with E-state index >= 15 is 0 Å². The fourth-order valence-electron chi connectivity index (χ4n) is 1.63. The fraction of sp³-hybridized carbons (Fsp3) is 0.231. The second kappa shape index (κ2) is 5.15. The van der Waals surface area contributed by atoms with Gasteiger partial charge in [0.25, 0.3) is 0 Å². The van der Waals surface area contributed by atoms with Crippen LogP contribution < -0.4 is 4.74 Å². The van der Waals surface area contributed by atoms with Gasteiger partial charge >= 0.3 is 0 Å². The number of ether oxygens (including phenoxy) is 1. The Balaban J connectivity index is 2.51. The molecule has 3 nitrogen and oxygen atoms in total. The number of hydrogen-bond donors (Lipinski definition) is 0. The number of rotatable bonds is 3. The molecule has 92 valence electrons. The molecule has 18 heavy (non-hydrogen) atoms. The van der Waals surface area contributed by atoms with Crippen LogP contribution in [0.25, 0.3) is 10.6 Å². The standard InChI is InChI=1S/C13H11FN2OS/c1-8-12(5-6-15)18-13(16-8)10-7-9(14)3-4-11(10)17-2/h3-4,7H,5H2,1-2H3. The summed E-state index contributed by atoms with van der Waals surface area (Å²) in [5.41, 5.74) is 1.43. The number of nitrogens with zero attached hydrogens (tertiary/aromatic N) is 2. The van der Waals surface area contributed by atoms with Gasteiger partial charge < -0.3 is 4.74 Å². The van der Waals surface area contributed by atoms with Crippen LogP contribution in [-0.4, -0.2) is 12.1 Å². The number of thiazole rings is 1. The van der Waals surface area contributed by atoms with Gasteiger partial charge in [0.15, 0.2) is 0 Å². The Morgan fingerprint density at radius 2 is 2.28 bits per heavy atom. The molecule has 0 saturated heterocycles. The molecule has 0 aliphatic heterocycles. The minimum absolute atomic E-state index is 0.321. The lowest BCUT2D eigenvalue weighted by atomic mass is 10.2. The minimum atomic E-state index is -0.333. The summed E-state index contributed by atoms with van der Waals surface area (Å²) in [5, 5.41) is 9.39. The summed E-state index contributed by atoms with van der Waals surface area (Å²) < 4.78 is 18.5. The lowest BCUT2D eigenvalue weighted by molar-refractivity contribution is 0.415. The molecule has 2 aromatic rings. The molecule has 0 fully saturated rings. The van der Waals surface area contributed by atoms with Crippen LogP contribution in [0, 0.1) is 24.1 Å². The number of nitriles is 1. The zero-order valence-corrected chi connectivity index (χ0v) is 10.8. The topological polar surface area (TPSA) is 45.9 Å². The Hall–Kier alpha value is -1.93. The summed E-state index contributed by atoms with van der Waals surface area (Å²) >= 11 is 1.40. The second-order valence-corrected chi connectivity index (χ2v) is 4.79. The van der Waals surface area contributed by atoms with Gasteiger partial charge in [-0.15, -0.1) is 11.3 Å². The van der Waals surface area contributed by atoms with Gasteiger partial charge in [-0.1, -0.05) is 0 Å². The van der Waals surface area contributed by atoms with Gasteiger partial charge in [-0.2, -0.15) is 5.26 Å². The van der Waals surface area contributed by atoms with Crippen LogP contribution in [0.5, 0.6) is 5.75 Å². The molecule has 0 unspecified atom stereocenters. The van der Waals surface area contributed by atoms with E-state index in [2.05, 4.69) is 11.1 Å². The second-order valence-electron chi connectivity index (χ2n) is 3.71. The molecule has 1 aromatic carbocycles. The van der Waals surface area contributed by atoms with Crippen LogP contribution in [0.15, 0.2) is 18.2 Å². The molecular weight excluding hydrogens is 251 g/mol. The Morgan fingerprint density at radius 1 is 1.50 bits per heavy atom. The van der Waals surface area contributed by atoms with Gasteiger partial charge in [0, 0.05) is 4.88 Å². The number of aryl methyl sites for hydroxylation is 1. The summed E-state index contributed by atoms with van der Waals surface area (Å²) in [7, 11) is 1.54. The van der Waals surface area contributed by atoms with Crippen molar-refractivity contribution < 1.29 is 9.13 Å². The highest BCUT2D eigenvalue weighted by atomic mass is 32.1. The van der Waals surface area contributed by atoms with E-state index in [0.717, 1.165) is 10.6 Å². The number of aromatic nitrogens is 1. The maximum Gasteiger partial charge on any atom is 0.129 e.